The predicted molar refractivity (Wildman–Crippen MR) is 78.9 cm³/mol. The van der Waals surface area contributed by atoms with Crippen molar-refractivity contribution < 1.29 is 9.50 Å². The van der Waals surface area contributed by atoms with Crippen molar-refractivity contribution in [2.24, 2.45) is 0 Å². The predicted octanol–water partition coefficient (Wildman–Crippen LogP) is 3.12. The number of benzene rings is 1. The van der Waals surface area contributed by atoms with Gasteiger partial charge in [0.25, 0.3) is 0 Å². The summed E-state index contributed by atoms with van der Waals surface area (Å²) >= 11 is 0. The zero-order valence-electron chi connectivity index (χ0n) is 11.9. The van der Waals surface area contributed by atoms with E-state index in [1.807, 2.05) is 30.3 Å². The van der Waals surface area contributed by atoms with Crippen LogP contribution in [0.15, 0.2) is 42.7 Å². The lowest BCUT2D eigenvalue weighted by Gasteiger charge is -2.18. The molecule has 1 aromatic carbocycles. The molecule has 0 atom stereocenters. The Labute approximate surface area is 121 Å². The second kappa shape index (κ2) is 4.93. The van der Waals surface area contributed by atoms with E-state index in [1.165, 1.54) is 0 Å². The van der Waals surface area contributed by atoms with Crippen LogP contribution in [0.2, 0.25) is 0 Å². The Bertz CT molecular complexity index is 790. The van der Waals surface area contributed by atoms with Gasteiger partial charge in [-0.2, -0.15) is 5.10 Å². The Balaban J connectivity index is 2.21. The summed E-state index contributed by atoms with van der Waals surface area (Å²) in [4.78, 5) is 4.15. The van der Waals surface area contributed by atoms with Crippen LogP contribution in [0.4, 0.5) is 4.39 Å². The molecule has 0 saturated carbocycles. The Morgan fingerprint density at radius 1 is 1.24 bits per heavy atom. The average molecular weight is 285 g/mol. The first kappa shape index (κ1) is 13.7. The number of hydrogen-bond acceptors (Lipinski definition) is 3. The number of alkyl halides is 1. The van der Waals surface area contributed by atoms with Crippen LogP contribution < -0.4 is 0 Å². The zero-order chi connectivity index (χ0) is 15.0. The van der Waals surface area contributed by atoms with Gasteiger partial charge in [0.1, 0.15) is 12.4 Å². The summed E-state index contributed by atoms with van der Waals surface area (Å²) in [5, 5.41) is 15.2. The Morgan fingerprint density at radius 2 is 2.00 bits per heavy atom. The highest BCUT2D eigenvalue weighted by Gasteiger charge is 2.18. The van der Waals surface area contributed by atoms with Gasteiger partial charge in [0.15, 0.2) is 0 Å². The molecule has 0 spiro atoms. The highest BCUT2D eigenvalue weighted by Crippen LogP contribution is 2.25. The van der Waals surface area contributed by atoms with Gasteiger partial charge in [-0.05, 0) is 26.0 Å². The molecule has 0 aliphatic carbocycles. The van der Waals surface area contributed by atoms with Crippen molar-refractivity contribution in [1.29, 1.82) is 0 Å². The number of rotatable bonds is 3. The second-order valence-corrected chi connectivity index (χ2v) is 5.50. The maximum Gasteiger partial charge on any atom is 0.134 e. The molecular weight excluding hydrogens is 269 g/mol. The lowest BCUT2D eigenvalue weighted by atomic mass is 10.0. The molecule has 21 heavy (non-hydrogen) atoms. The highest BCUT2D eigenvalue weighted by molar-refractivity contribution is 5.83. The van der Waals surface area contributed by atoms with Crippen LogP contribution >= 0.6 is 0 Å². The molecule has 2 aromatic heterocycles. The minimum absolute atomic E-state index is 0.402. The molecule has 0 saturated heterocycles. The van der Waals surface area contributed by atoms with Crippen molar-refractivity contribution in [2.75, 3.05) is 0 Å². The molecule has 0 fully saturated rings. The van der Waals surface area contributed by atoms with Crippen molar-refractivity contribution in [2.45, 2.75) is 26.1 Å². The maximum atomic E-state index is 13.1. The van der Waals surface area contributed by atoms with Crippen LogP contribution in [0, 0.1) is 0 Å². The van der Waals surface area contributed by atoms with Crippen LogP contribution in [0.3, 0.4) is 0 Å². The van der Waals surface area contributed by atoms with Crippen molar-refractivity contribution in [3.8, 4) is 5.69 Å². The lowest BCUT2D eigenvalue weighted by molar-refractivity contribution is 0.0782. The standard InChI is InChI=1S/C16H16FN3O/c1-16(2,21)11-7-12(10-18-9-11)20-15-6-4-3-5-13(15)14(8-17)19-20/h3-7,9-10,21H,8H2,1-2H3. The lowest BCUT2D eigenvalue weighted by Crippen LogP contribution is -2.16. The normalized spacial score (nSPS) is 12.0. The van der Waals surface area contributed by atoms with Gasteiger partial charge < -0.3 is 5.11 Å². The first-order chi connectivity index (χ1) is 10.0. The number of aromatic nitrogens is 3. The van der Waals surface area contributed by atoms with E-state index >= 15 is 0 Å². The summed E-state index contributed by atoms with van der Waals surface area (Å²) < 4.78 is 14.8. The zero-order valence-corrected chi connectivity index (χ0v) is 11.9. The number of nitrogens with zero attached hydrogens (tertiary/aromatic N) is 3. The molecule has 108 valence electrons. The highest BCUT2D eigenvalue weighted by atomic mass is 19.1. The summed E-state index contributed by atoms with van der Waals surface area (Å²) in [6.07, 6.45) is 3.27. The van der Waals surface area contributed by atoms with E-state index in [9.17, 15) is 9.50 Å². The van der Waals surface area contributed by atoms with Crippen molar-refractivity contribution >= 4 is 10.9 Å². The number of halogens is 1. The van der Waals surface area contributed by atoms with Crippen LogP contribution in [0.1, 0.15) is 25.1 Å². The quantitative estimate of drug-likeness (QED) is 0.804. The number of fused-ring (bicyclic) bond motifs is 1. The summed E-state index contributed by atoms with van der Waals surface area (Å²) in [6, 6.07) is 9.29. The third kappa shape index (κ3) is 2.40. The first-order valence-electron chi connectivity index (χ1n) is 6.71. The molecule has 0 amide bonds. The Kier molecular flexibility index (Phi) is 3.22. The van der Waals surface area contributed by atoms with Crippen molar-refractivity contribution in [3.63, 3.8) is 0 Å². The summed E-state index contributed by atoms with van der Waals surface area (Å²) in [6.45, 7) is 2.77. The van der Waals surface area contributed by atoms with Gasteiger partial charge in [-0.1, -0.05) is 18.2 Å². The minimum Gasteiger partial charge on any atom is -0.386 e. The van der Waals surface area contributed by atoms with Gasteiger partial charge in [-0.15, -0.1) is 0 Å². The largest absolute Gasteiger partial charge is 0.386 e. The molecule has 5 heteroatoms. The van der Waals surface area contributed by atoms with Crippen LogP contribution in [0.25, 0.3) is 16.6 Å². The first-order valence-corrected chi connectivity index (χ1v) is 6.71. The van der Waals surface area contributed by atoms with E-state index in [0.717, 1.165) is 10.9 Å². The molecule has 0 aliphatic heterocycles. The molecule has 2 heterocycles. The summed E-state index contributed by atoms with van der Waals surface area (Å²) in [5.41, 5.74) is 1.61. The number of pyridine rings is 1. The van der Waals surface area contributed by atoms with Gasteiger partial charge in [-0.25, -0.2) is 9.07 Å². The minimum atomic E-state index is -0.991. The molecule has 0 bridgehead atoms. The molecule has 0 unspecified atom stereocenters. The topological polar surface area (TPSA) is 50.9 Å². The summed E-state index contributed by atoms with van der Waals surface area (Å²) in [5.74, 6) is 0. The molecule has 3 aromatic rings. The number of aliphatic hydroxyl groups is 1. The van der Waals surface area contributed by atoms with E-state index in [2.05, 4.69) is 10.1 Å². The third-order valence-corrected chi connectivity index (χ3v) is 3.47. The van der Waals surface area contributed by atoms with E-state index in [0.29, 0.717) is 16.9 Å². The molecule has 3 rings (SSSR count). The third-order valence-electron chi connectivity index (χ3n) is 3.47. The second-order valence-electron chi connectivity index (χ2n) is 5.50. The van der Waals surface area contributed by atoms with Crippen LogP contribution in [-0.2, 0) is 12.3 Å². The van der Waals surface area contributed by atoms with E-state index in [1.54, 1.807) is 30.9 Å². The fourth-order valence-corrected chi connectivity index (χ4v) is 2.30. The molecular formula is C16H16FN3O. The van der Waals surface area contributed by atoms with E-state index in [-0.39, 0.29) is 0 Å². The molecule has 4 nitrogen and oxygen atoms in total. The molecule has 1 N–H and O–H groups in total. The van der Waals surface area contributed by atoms with Crippen molar-refractivity contribution in [1.82, 2.24) is 14.8 Å². The number of para-hydroxylation sites is 1. The van der Waals surface area contributed by atoms with Crippen molar-refractivity contribution in [3.05, 3.63) is 54.0 Å². The SMILES string of the molecule is CC(C)(O)c1cncc(-n2nc(CF)c3ccccc32)c1. The number of hydrogen-bond donors (Lipinski definition) is 1. The Hall–Kier alpha value is -2.27. The Morgan fingerprint density at radius 3 is 2.71 bits per heavy atom. The van der Waals surface area contributed by atoms with Gasteiger partial charge in [0.05, 0.1) is 23.0 Å². The fourth-order valence-electron chi connectivity index (χ4n) is 2.30. The van der Waals surface area contributed by atoms with Gasteiger partial charge in [0.2, 0.25) is 0 Å². The monoisotopic (exact) mass is 285 g/mol. The van der Waals surface area contributed by atoms with E-state index in [4.69, 9.17) is 0 Å². The van der Waals surface area contributed by atoms with Gasteiger partial charge in [0, 0.05) is 17.1 Å². The smallest absolute Gasteiger partial charge is 0.134 e. The average Bonchev–Trinajstić information content (AvgIpc) is 2.85. The van der Waals surface area contributed by atoms with Gasteiger partial charge in [-0.3, -0.25) is 4.98 Å². The van der Waals surface area contributed by atoms with Crippen LogP contribution in [0.5, 0.6) is 0 Å². The maximum absolute atomic E-state index is 13.1. The summed E-state index contributed by atoms with van der Waals surface area (Å²) in [7, 11) is 0. The molecule has 0 radical (unpaired) electrons. The van der Waals surface area contributed by atoms with E-state index < -0.39 is 12.3 Å². The molecule has 0 aliphatic rings. The van der Waals surface area contributed by atoms with Gasteiger partial charge >= 0.3 is 0 Å². The van der Waals surface area contributed by atoms with Crippen LogP contribution in [-0.4, -0.2) is 19.9 Å². The fraction of sp³-hybridized carbons (Fsp3) is 0.250.